The van der Waals surface area contributed by atoms with Crippen molar-refractivity contribution in [2.24, 2.45) is 17.8 Å². The molecule has 7 heteroatoms. The maximum absolute atomic E-state index is 12.7. The zero-order valence-corrected chi connectivity index (χ0v) is 16.1. The first-order chi connectivity index (χ1) is 13.6. The van der Waals surface area contributed by atoms with Crippen molar-refractivity contribution in [3.63, 3.8) is 0 Å². The van der Waals surface area contributed by atoms with Crippen LogP contribution >= 0.6 is 0 Å². The van der Waals surface area contributed by atoms with E-state index in [9.17, 15) is 14.4 Å². The molecule has 2 fully saturated rings. The van der Waals surface area contributed by atoms with Gasteiger partial charge in [0.15, 0.2) is 5.69 Å². The van der Waals surface area contributed by atoms with Gasteiger partial charge in [0.05, 0.1) is 5.39 Å². The molecule has 7 nitrogen and oxygen atoms in total. The lowest BCUT2D eigenvalue weighted by Crippen LogP contribution is -2.43. The maximum Gasteiger partial charge on any atom is 0.290 e. The van der Waals surface area contributed by atoms with Gasteiger partial charge in [0.25, 0.3) is 11.5 Å². The fraction of sp³-hybridized carbons (Fsp3) is 0.524. The molecule has 0 saturated heterocycles. The topological polar surface area (TPSA) is 93.1 Å². The number of fused-ring (bicyclic) bond motifs is 3. The van der Waals surface area contributed by atoms with E-state index in [1.807, 2.05) is 6.92 Å². The van der Waals surface area contributed by atoms with E-state index >= 15 is 0 Å². The lowest BCUT2D eigenvalue weighted by Gasteiger charge is -2.21. The predicted molar refractivity (Wildman–Crippen MR) is 105 cm³/mol. The quantitative estimate of drug-likeness (QED) is 0.777. The molecular formula is C21H26N4O3. The first-order valence-electron chi connectivity index (χ1n) is 10.2. The highest BCUT2D eigenvalue weighted by Crippen LogP contribution is 2.49. The van der Waals surface area contributed by atoms with Crippen LogP contribution in [0.3, 0.4) is 0 Å². The largest absolute Gasteiger partial charge is 0.290 e. The first kappa shape index (κ1) is 18.7. The summed E-state index contributed by atoms with van der Waals surface area (Å²) in [5.41, 5.74) is 4.94. The molecule has 4 rings (SSSR count). The van der Waals surface area contributed by atoms with Crippen molar-refractivity contribution in [2.45, 2.75) is 52.0 Å². The third-order valence-electron chi connectivity index (χ3n) is 6.17. The molecule has 28 heavy (non-hydrogen) atoms. The van der Waals surface area contributed by atoms with Crippen LogP contribution in [0.4, 0.5) is 0 Å². The van der Waals surface area contributed by atoms with Crippen molar-refractivity contribution in [1.82, 2.24) is 20.6 Å². The summed E-state index contributed by atoms with van der Waals surface area (Å²) in [6, 6.07) is 6.92. The van der Waals surface area contributed by atoms with E-state index in [0.29, 0.717) is 35.6 Å². The van der Waals surface area contributed by atoms with Crippen LogP contribution < -0.4 is 16.4 Å². The Labute approximate surface area is 163 Å². The molecule has 148 valence electrons. The number of carbonyl (C=O) groups excluding carboxylic acids is 2. The van der Waals surface area contributed by atoms with Gasteiger partial charge in [-0.25, -0.2) is 4.68 Å². The number of rotatable bonds is 5. The number of aryl methyl sites for hydroxylation is 1. The van der Waals surface area contributed by atoms with Crippen LogP contribution in [-0.2, 0) is 11.3 Å². The van der Waals surface area contributed by atoms with Crippen LogP contribution in [0.1, 0.15) is 55.9 Å². The van der Waals surface area contributed by atoms with Crippen molar-refractivity contribution in [3.8, 4) is 0 Å². The summed E-state index contributed by atoms with van der Waals surface area (Å²) in [7, 11) is 0. The van der Waals surface area contributed by atoms with Gasteiger partial charge in [0, 0.05) is 18.4 Å². The van der Waals surface area contributed by atoms with Crippen LogP contribution in [0.5, 0.6) is 0 Å². The smallest absolute Gasteiger partial charge is 0.273 e. The Morgan fingerprint density at radius 2 is 1.93 bits per heavy atom. The second-order valence-electron chi connectivity index (χ2n) is 8.06. The normalized spacial score (nSPS) is 23.1. The molecule has 1 heterocycles. The molecule has 2 aliphatic carbocycles. The van der Waals surface area contributed by atoms with Gasteiger partial charge in [-0.1, -0.05) is 31.5 Å². The molecule has 0 aliphatic heterocycles. The van der Waals surface area contributed by atoms with Gasteiger partial charge in [0.1, 0.15) is 0 Å². The molecule has 1 aromatic heterocycles. The Morgan fingerprint density at radius 3 is 2.61 bits per heavy atom. The minimum absolute atomic E-state index is 0.142. The van der Waals surface area contributed by atoms with Gasteiger partial charge in [-0.2, -0.15) is 5.10 Å². The van der Waals surface area contributed by atoms with E-state index in [1.165, 1.54) is 23.9 Å². The number of nitrogens with zero attached hydrogens (tertiary/aromatic N) is 2. The average Bonchev–Trinajstić information content (AvgIpc) is 3.31. The number of amides is 2. The van der Waals surface area contributed by atoms with E-state index in [-0.39, 0.29) is 17.2 Å². The van der Waals surface area contributed by atoms with Gasteiger partial charge in [-0.15, -0.1) is 0 Å². The van der Waals surface area contributed by atoms with E-state index in [4.69, 9.17) is 0 Å². The van der Waals surface area contributed by atoms with Crippen molar-refractivity contribution in [2.75, 3.05) is 0 Å². The molecule has 0 unspecified atom stereocenters. The van der Waals surface area contributed by atoms with Crippen molar-refractivity contribution >= 4 is 22.6 Å². The van der Waals surface area contributed by atoms with E-state index in [2.05, 4.69) is 16.0 Å². The summed E-state index contributed by atoms with van der Waals surface area (Å²) < 4.78 is 1.31. The summed E-state index contributed by atoms with van der Waals surface area (Å²) >= 11 is 0. The molecule has 2 aliphatic rings. The second kappa shape index (κ2) is 7.73. The number of aromatic nitrogens is 2. The number of benzene rings is 1. The minimum Gasteiger partial charge on any atom is -0.273 e. The van der Waals surface area contributed by atoms with Gasteiger partial charge >= 0.3 is 0 Å². The highest BCUT2D eigenvalue weighted by molar-refractivity contribution is 6.05. The molecule has 1 aromatic carbocycles. The third kappa shape index (κ3) is 3.53. The molecule has 2 N–H and O–H groups in total. The third-order valence-corrected chi connectivity index (χ3v) is 6.17. The Bertz CT molecular complexity index is 968. The monoisotopic (exact) mass is 382 g/mol. The van der Waals surface area contributed by atoms with Crippen LogP contribution in [0, 0.1) is 17.8 Å². The van der Waals surface area contributed by atoms with E-state index in [0.717, 1.165) is 18.8 Å². The van der Waals surface area contributed by atoms with Gasteiger partial charge in [0.2, 0.25) is 5.91 Å². The number of hydrogen-bond acceptors (Lipinski definition) is 4. The lowest BCUT2D eigenvalue weighted by molar-refractivity contribution is -0.123. The predicted octanol–water partition coefficient (Wildman–Crippen LogP) is 2.39. The second-order valence-corrected chi connectivity index (χ2v) is 8.06. The SMILES string of the molecule is CCCn1nc(C(=O)NNC(=O)C[C@@H]2C[C@H]3CC[C@@H]2C3)c2ccccc2c1=O. The average molecular weight is 382 g/mol. The Morgan fingerprint density at radius 1 is 1.14 bits per heavy atom. The van der Waals surface area contributed by atoms with Gasteiger partial charge < -0.3 is 0 Å². The lowest BCUT2D eigenvalue weighted by atomic mass is 9.86. The highest BCUT2D eigenvalue weighted by atomic mass is 16.2. The summed E-state index contributed by atoms with van der Waals surface area (Å²) in [6.45, 7) is 2.37. The molecule has 3 atom stereocenters. The Hall–Kier alpha value is -2.70. The Balaban J connectivity index is 1.47. The fourth-order valence-electron chi connectivity index (χ4n) is 4.87. The zero-order valence-electron chi connectivity index (χ0n) is 16.1. The van der Waals surface area contributed by atoms with Crippen molar-refractivity contribution in [3.05, 3.63) is 40.3 Å². The van der Waals surface area contributed by atoms with Crippen LogP contribution in [0.25, 0.3) is 10.8 Å². The first-order valence-corrected chi connectivity index (χ1v) is 10.2. The highest BCUT2D eigenvalue weighted by Gasteiger charge is 2.40. The maximum atomic E-state index is 12.7. The molecule has 0 radical (unpaired) electrons. The standard InChI is InChI=1S/C21H26N4O3/c1-2-9-25-21(28)17-6-4-3-5-16(17)19(24-25)20(27)23-22-18(26)12-15-11-13-7-8-14(15)10-13/h3-6,13-15H,2,7-12H2,1H3,(H,22,26)(H,23,27)/t13-,14+,15-/m0/s1. The summed E-state index contributed by atoms with van der Waals surface area (Å²) in [6.07, 6.45) is 6.08. The number of hydrazine groups is 1. The fourth-order valence-corrected chi connectivity index (χ4v) is 4.87. The van der Waals surface area contributed by atoms with Gasteiger partial charge in [-0.05, 0) is 49.5 Å². The zero-order chi connectivity index (χ0) is 19.7. The van der Waals surface area contributed by atoms with Crippen LogP contribution in [-0.4, -0.2) is 21.6 Å². The van der Waals surface area contributed by atoms with Crippen molar-refractivity contribution in [1.29, 1.82) is 0 Å². The number of hydrogen-bond donors (Lipinski definition) is 2. The number of carbonyl (C=O) groups is 2. The van der Waals surface area contributed by atoms with Crippen LogP contribution in [0.15, 0.2) is 29.1 Å². The molecule has 0 spiro atoms. The molecule has 2 saturated carbocycles. The molecular weight excluding hydrogens is 356 g/mol. The minimum atomic E-state index is -0.512. The summed E-state index contributed by atoms with van der Waals surface area (Å²) in [4.78, 5) is 37.5. The Kier molecular flexibility index (Phi) is 5.15. The number of nitrogens with one attached hydrogen (secondary N) is 2. The summed E-state index contributed by atoms with van der Waals surface area (Å²) in [5.74, 6) is 1.20. The summed E-state index contributed by atoms with van der Waals surface area (Å²) in [5, 5.41) is 5.18. The van der Waals surface area contributed by atoms with Crippen molar-refractivity contribution < 1.29 is 9.59 Å². The molecule has 2 bridgehead atoms. The van der Waals surface area contributed by atoms with Crippen LogP contribution in [0.2, 0.25) is 0 Å². The van der Waals surface area contributed by atoms with E-state index in [1.54, 1.807) is 24.3 Å². The molecule has 2 amide bonds. The van der Waals surface area contributed by atoms with E-state index < -0.39 is 5.91 Å². The van der Waals surface area contributed by atoms with Gasteiger partial charge in [-0.3, -0.25) is 25.2 Å². The molecule has 2 aromatic rings.